The number of carbonyl (C=O) groups is 1. The van der Waals surface area contributed by atoms with Crippen LogP contribution in [0.1, 0.15) is 0 Å². The first kappa shape index (κ1) is 22.1. The molecule has 0 bridgehead atoms. The second-order valence-corrected chi connectivity index (χ2v) is 8.17. The molecular weight excluding hydrogens is 486 g/mol. The third-order valence-corrected chi connectivity index (χ3v) is 6.06. The van der Waals surface area contributed by atoms with E-state index in [1.807, 2.05) is 0 Å². The van der Waals surface area contributed by atoms with E-state index in [1.165, 1.54) is 29.5 Å². The van der Waals surface area contributed by atoms with Crippen LogP contribution >= 0.6 is 34.5 Å². The van der Waals surface area contributed by atoms with Crippen molar-refractivity contribution in [3.05, 3.63) is 81.4 Å². The molecule has 0 unspecified atom stereocenters. The monoisotopic (exact) mass is 495 g/mol. The number of nitrogens with zero attached hydrogens (tertiary/aromatic N) is 1. The van der Waals surface area contributed by atoms with Crippen LogP contribution in [0.2, 0.25) is 10.0 Å². The van der Waals surface area contributed by atoms with Gasteiger partial charge in [-0.05, 0) is 30.3 Å². The lowest BCUT2D eigenvalue weighted by Crippen LogP contribution is -2.05. The van der Waals surface area contributed by atoms with Crippen LogP contribution in [0.15, 0.2) is 53.9 Å². The van der Waals surface area contributed by atoms with Crippen molar-refractivity contribution in [1.29, 1.82) is 0 Å². The molecule has 4 rings (SSSR count). The molecule has 0 aliphatic heterocycles. The molecule has 0 atom stereocenters. The van der Waals surface area contributed by atoms with Crippen LogP contribution in [0.3, 0.4) is 0 Å². The van der Waals surface area contributed by atoms with Crippen molar-refractivity contribution in [2.24, 2.45) is 0 Å². The predicted molar refractivity (Wildman–Crippen MR) is 117 cm³/mol. The van der Waals surface area contributed by atoms with Crippen molar-refractivity contribution in [3.63, 3.8) is 0 Å². The second-order valence-electron chi connectivity index (χ2n) is 6.49. The minimum Gasteiger partial charge on any atom is -0.449 e. The largest absolute Gasteiger partial charge is 0.511 e. The van der Waals surface area contributed by atoms with E-state index in [0.29, 0.717) is 32.4 Å². The van der Waals surface area contributed by atoms with Gasteiger partial charge in [-0.25, -0.2) is 22.9 Å². The molecule has 0 amide bonds. The number of rotatable bonds is 4. The Hall–Kier alpha value is -3.07. The maximum atomic E-state index is 14.3. The van der Waals surface area contributed by atoms with Crippen molar-refractivity contribution in [3.8, 4) is 38.7 Å². The van der Waals surface area contributed by atoms with Crippen molar-refractivity contribution < 1.29 is 27.8 Å². The highest BCUT2D eigenvalue weighted by molar-refractivity contribution is 7.13. The van der Waals surface area contributed by atoms with Crippen molar-refractivity contribution in [2.75, 3.05) is 0 Å². The Morgan fingerprint density at radius 2 is 1.69 bits per heavy atom. The third kappa shape index (κ3) is 4.43. The highest BCUT2D eigenvalue weighted by Gasteiger charge is 2.19. The molecule has 4 aromatic rings. The van der Waals surface area contributed by atoms with E-state index in [-0.39, 0.29) is 11.3 Å². The van der Waals surface area contributed by atoms with Crippen molar-refractivity contribution in [2.45, 2.75) is 0 Å². The van der Waals surface area contributed by atoms with Gasteiger partial charge in [-0.2, -0.15) is 0 Å². The highest BCUT2D eigenvalue weighted by Crippen LogP contribution is 2.38. The lowest BCUT2D eigenvalue weighted by atomic mass is 10.0. The third-order valence-electron chi connectivity index (χ3n) is 4.43. The normalized spacial score (nSPS) is 10.9. The Balaban J connectivity index is 1.78. The molecule has 32 heavy (non-hydrogen) atoms. The first-order valence-corrected chi connectivity index (χ1v) is 10.5. The van der Waals surface area contributed by atoms with Gasteiger partial charge in [0, 0.05) is 33.7 Å². The van der Waals surface area contributed by atoms with E-state index >= 15 is 0 Å². The Labute approximate surface area is 193 Å². The number of carboxylic acid groups (broad SMARTS) is 1. The fourth-order valence-electron chi connectivity index (χ4n) is 3.00. The predicted octanol–water partition coefficient (Wildman–Crippen LogP) is 7.93. The van der Waals surface area contributed by atoms with Gasteiger partial charge < -0.3 is 9.84 Å². The zero-order chi connectivity index (χ0) is 23.0. The van der Waals surface area contributed by atoms with Crippen molar-refractivity contribution >= 4 is 40.7 Å². The first-order valence-electron chi connectivity index (χ1n) is 8.84. The number of halogens is 5. The molecule has 1 N–H and O–H groups in total. The summed E-state index contributed by atoms with van der Waals surface area (Å²) in [6.45, 7) is 0. The molecule has 10 heteroatoms. The van der Waals surface area contributed by atoms with Gasteiger partial charge in [0.05, 0.1) is 15.7 Å². The Morgan fingerprint density at radius 1 is 0.938 bits per heavy atom. The number of thiazole rings is 1. The number of ether oxygens (including phenoxy) is 1. The summed E-state index contributed by atoms with van der Waals surface area (Å²) in [7, 11) is 0. The molecule has 4 nitrogen and oxygen atoms in total. The summed E-state index contributed by atoms with van der Waals surface area (Å²) in [5, 5.41) is 12.1. The number of aromatic nitrogens is 1. The maximum Gasteiger partial charge on any atom is 0.511 e. The summed E-state index contributed by atoms with van der Waals surface area (Å²) in [4.78, 5) is 15.7. The zero-order valence-corrected chi connectivity index (χ0v) is 18.0. The van der Waals surface area contributed by atoms with Crippen LogP contribution in [0.4, 0.5) is 18.0 Å². The van der Waals surface area contributed by atoms with E-state index < -0.39 is 29.2 Å². The quantitative estimate of drug-likeness (QED) is 0.177. The Kier molecular flexibility index (Phi) is 6.10. The average Bonchev–Trinajstić information content (AvgIpc) is 3.23. The number of benzene rings is 3. The van der Waals surface area contributed by atoms with Gasteiger partial charge in [0.15, 0.2) is 11.6 Å². The zero-order valence-electron chi connectivity index (χ0n) is 15.7. The van der Waals surface area contributed by atoms with E-state index in [2.05, 4.69) is 4.98 Å². The molecule has 162 valence electrons. The molecule has 1 heterocycles. The molecule has 3 aromatic carbocycles. The summed E-state index contributed by atoms with van der Waals surface area (Å²) in [5.74, 6) is -4.05. The summed E-state index contributed by atoms with van der Waals surface area (Å²) < 4.78 is 46.4. The van der Waals surface area contributed by atoms with Gasteiger partial charge in [-0.15, -0.1) is 11.3 Å². The van der Waals surface area contributed by atoms with E-state index in [0.717, 1.165) is 11.6 Å². The molecule has 1 aromatic heterocycles. The molecule has 0 fully saturated rings. The van der Waals surface area contributed by atoms with Gasteiger partial charge in [0.25, 0.3) is 0 Å². The fourth-order valence-corrected chi connectivity index (χ4v) is 4.13. The molecule has 0 aliphatic rings. The van der Waals surface area contributed by atoms with Gasteiger partial charge >= 0.3 is 6.16 Å². The topological polar surface area (TPSA) is 59.4 Å². The lowest BCUT2D eigenvalue weighted by molar-refractivity contribution is 0.144. The fraction of sp³-hybridized carbons (Fsp3) is 0. The molecule has 0 aliphatic carbocycles. The van der Waals surface area contributed by atoms with Gasteiger partial charge in [-0.1, -0.05) is 35.3 Å². The molecule has 0 saturated heterocycles. The van der Waals surface area contributed by atoms with E-state index in [1.54, 1.807) is 23.6 Å². The van der Waals surface area contributed by atoms with Crippen LogP contribution in [-0.4, -0.2) is 16.2 Å². The Bertz CT molecular complexity index is 1360. The summed E-state index contributed by atoms with van der Waals surface area (Å²) >= 11 is 13.3. The van der Waals surface area contributed by atoms with E-state index in [9.17, 15) is 18.0 Å². The Morgan fingerprint density at radius 3 is 2.41 bits per heavy atom. The average molecular weight is 496 g/mol. The molecule has 0 spiro atoms. The minimum atomic E-state index is -1.67. The molecule has 0 saturated carbocycles. The summed E-state index contributed by atoms with van der Waals surface area (Å²) in [6, 6.07) is 10.3. The van der Waals surface area contributed by atoms with Crippen LogP contribution in [-0.2, 0) is 0 Å². The lowest BCUT2D eigenvalue weighted by Gasteiger charge is -2.11. The standard InChI is InChI=1S/C22H10Cl2F3NO3S/c23-15-4-2-10(5-16(15)24)18-9-32-21(28-18)11-1-3-13(19(6-11)31-22(29)30)14-7-12(25)8-17(26)20(14)27/h1-9H,(H,29,30). The molecule has 0 radical (unpaired) electrons. The number of hydrogen-bond donors (Lipinski definition) is 1. The van der Waals surface area contributed by atoms with Crippen LogP contribution < -0.4 is 4.74 Å². The number of hydrogen-bond acceptors (Lipinski definition) is 4. The van der Waals surface area contributed by atoms with Crippen LogP contribution in [0.25, 0.3) is 33.0 Å². The van der Waals surface area contributed by atoms with Crippen LogP contribution in [0.5, 0.6) is 5.75 Å². The first-order chi connectivity index (χ1) is 15.2. The SMILES string of the molecule is O=C(O)Oc1cc(-c2nc(-c3ccc(Cl)c(Cl)c3)cs2)ccc1-c1cc(F)cc(F)c1F. The summed E-state index contributed by atoms with van der Waals surface area (Å²) in [6.07, 6.45) is -1.67. The van der Waals surface area contributed by atoms with E-state index in [4.69, 9.17) is 33.0 Å². The highest BCUT2D eigenvalue weighted by atomic mass is 35.5. The smallest absolute Gasteiger partial charge is 0.449 e. The van der Waals surface area contributed by atoms with Crippen LogP contribution in [0, 0.1) is 17.5 Å². The van der Waals surface area contributed by atoms with Gasteiger partial charge in [0.2, 0.25) is 0 Å². The molecular formula is C22H10Cl2F3NO3S. The summed E-state index contributed by atoms with van der Waals surface area (Å²) in [5.41, 5.74) is 1.18. The van der Waals surface area contributed by atoms with Crippen molar-refractivity contribution in [1.82, 2.24) is 4.98 Å². The van der Waals surface area contributed by atoms with Gasteiger partial charge in [-0.3, -0.25) is 0 Å². The second kappa shape index (κ2) is 8.82. The van der Waals surface area contributed by atoms with Gasteiger partial charge in [0.1, 0.15) is 16.6 Å². The minimum absolute atomic E-state index is 0.131. The maximum absolute atomic E-state index is 14.3.